The van der Waals surface area contributed by atoms with Crippen molar-refractivity contribution in [1.82, 2.24) is 0 Å². The highest BCUT2D eigenvalue weighted by Crippen LogP contribution is 2.17. The third-order valence-electron chi connectivity index (χ3n) is 1.57. The molecular weight excluding hydrogens is 113 g/mol. The molecule has 9 heavy (non-hydrogen) atoms. The molecule has 0 saturated carbocycles. The van der Waals surface area contributed by atoms with Crippen molar-refractivity contribution in [2.45, 2.75) is 25.3 Å². The predicted molar refractivity (Wildman–Crippen MR) is 37.3 cm³/mol. The summed E-state index contributed by atoms with van der Waals surface area (Å²) in [4.78, 5) is 10.00. The molecule has 46 valence electrons. The monoisotopic (exact) mass is 121 g/mol. The summed E-state index contributed by atoms with van der Waals surface area (Å²) in [5, 5.41) is 2.89. The van der Waals surface area contributed by atoms with Gasteiger partial charge in [-0.1, -0.05) is 16.7 Å². The van der Waals surface area contributed by atoms with Crippen LogP contribution in [-0.2, 0) is 0 Å². The summed E-state index contributed by atoms with van der Waals surface area (Å²) in [6, 6.07) is -0.237. The number of nitrogens with zero attached hydrogens (tertiary/aromatic N) is 1. The van der Waals surface area contributed by atoms with Crippen molar-refractivity contribution >= 4 is 7.85 Å². The molecule has 1 rings (SSSR count). The number of hydrogen-bond acceptors (Lipinski definition) is 2. The van der Waals surface area contributed by atoms with E-state index in [4.69, 9.17) is 7.85 Å². The molecule has 0 aromatic heterocycles. The molecule has 0 aliphatic heterocycles. The Morgan fingerprint density at radius 2 is 2.56 bits per heavy atom. The van der Waals surface area contributed by atoms with Crippen molar-refractivity contribution in [3.63, 3.8) is 0 Å². The quantitative estimate of drug-likeness (QED) is 0.380. The van der Waals surface area contributed by atoms with Gasteiger partial charge in [0.15, 0.2) is 0 Å². The van der Waals surface area contributed by atoms with Crippen molar-refractivity contribution in [2.24, 2.45) is 5.18 Å². The molecule has 0 saturated heterocycles. The van der Waals surface area contributed by atoms with E-state index in [0.717, 1.165) is 19.3 Å². The predicted octanol–water partition coefficient (Wildman–Crippen LogP) is 1.36. The molecule has 2 nitrogen and oxygen atoms in total. The van der Waals surface area contributed by atoms with Gasteiger partial charge in [-0.3, -0.25) is 0 Å². The Kier molecular flexibility index (Phi) is 2.03. The van der Waals surface area contributed by atoms with Crippen molar-refractivity contribution in [1.29, 1.82) is 0 Å². The number of rotatable bonds is 1. The van der Waals surface area contributed by atoms with Gasteiger partial charge in [0, 0.05) is 0 Å². The van der Waals surface area contributed by atoms with Crippen LogP contribution in [0.1, 0.15) is 19.3 Å². The lowest BCUT2D eigenvalue weighted by atomic mass is 9.82. The minimum atomic E-state index is -0.237. The Hall–Kier alpha value is -0.595. The summed E-state index contributed by atoms with van der Waals surface area (Å²) in [6.07, 6.45) is 4.75. The Morgan fingerprint density at radius 3 is 3.00 bits per heavy atom. The minimum Gasteiger partial charge on any atom is -0.150 e. The lowest BCUT2D eigenvalue weighted by Crippen LogP contribution is -2.11. The maximum Gasteiger partial charge on any atom is 0.110 e. The van der Waals surface area contributed by atoms with Gasteiger partial charge in [-0.15, -0.1) is 0 Å². The van der Waals surface area contributed by atoms with E-state index >= 15 is 0 Å². The third kappa shape index (κ3) is 1.41. The van der Waals surface area contributed by atoms with Gasteiger partial charge < -0.3 is 0 Å². The van der Waals surface area contributed by atoms with Crippen molar-refractivity contribution < 1.29 is 0 Å². The molecular formula is C6H8BNO. The molecule has 0 aromatic rings. The molecule has 1 aliphatic carbocycles. The molecule has 0 heterocycles. The van der Waals surface area contributed by atoms with Crippen LogP contribution in [0.15, 0.2) is 16.7 Å². The van der Waals surface area contributed by atoms with Gasteiger partial charge >= 0.3 is 0 Å². The summed E-state index contributed by atoms with van der Waals surface area (Å²) >= 11 is 0. The molecule has 3 heteroatoms. The summed E-state index contributed by atoms with van der Waals surface area (Å²) < 4.78 is 0. The second kappa shape index (κ2) is 2.81. The Bertz CT molecular complexity index is 144. The maximum absolute atomic E-state index is 10.00. The Balaban J connectivity index is 2.60. The molecule has 0 N–H and O–H groups in total. The van der Waals surface area contributed by atoms with Crippen LogP contribution in [0.5, 0.6) is 0 Å². The first-order valence-corrected chi connectivity index (χ1v) is 3.12. The highest BCUT2D eigenvalue weighted by Gasteiger charge is 2.12. The zero-order valence-corrected chi connectivity index (χ0v) is 5.21. The molecule has 2 radical (unpaired) electrons. The van der Waals surface area contributed by atoms with E-state index in [0.29, 0.717) is 5.47 Å². The second-order valence-corrected chi connectivity index (χ2v) is 2.26. The summed E-state index contributed by atoms with van der Waals surface area (Å²) in [6.45, 7) is 0. The average molecular weight is 121 g/mol. The fourth-order valence-electron chi connectivity index (χ4n) is 0.996. The smallest absolute Gasteiger partial charge is 0.110 e. The van der Waals surface area contributed by atoms with Gasteiger partial charge in [-0.2, -0.15) is 4.91 Å². The van der Waals surface area contributed by atoms with Crippen LogP contribution in [0.4, 0.5) is 0 Å². The molecule has 1 atom stereocenters. The number of hydrogen-bond donors (Lipinski definition) is 0. The normalized spacial score (nSPS) is 27.1. The fraction of sp³-hybridized carbons (Fsp3) is 0.667. The van der Waals surface area contributed by atoms with Crippen LogP contribution in [-0.4, -0.2) is 13.9 Å². The van der Waals surface area contributed by atoms with Crippen LogP contribution >= 0.6 is 0 Å². The average Bonchev–Trinajstić information content (AvgIpc) is 1.89. The highest BCUT2D eigenvalue weighted by atomic mass is 16.3. The lowest BCUT2D eigenvalue weighted by Gasteiger charge is -2.13. The van der Waals surface area contributed by atoms with E-state index in [-0.39, 0.29) is 6.04 Å². The maximum atomic E-state index is 10.00. The number of nitroso groups, excluding NO2 is 1. The Morgan fingerprint density at radius 1 is 1.78 bits per heavy atom. The molecule has 0 fully saturated rings. The van der Waals surface area contributed by atoms with Gasteiger partial charge in [0.1, 0.15) is 13.9 Å². The largest absolute Gasteiger partial charge is 0.150 e. The van der Waals surface area contributed by atoms with Crippen LogP contribution < -0.4 is 0 Å². The summed E-state index contributed by atoms with van der Waals surface area (Å²) in [5.41, 5.74) is 0.649. The summed E-state index contributed by atoms with van der Waals surface area (Å²) in [7, 11) is 5.46. The summed E-state index contributed by atoms with van der Waals surface area (Å²) in [5.74, 6) is 0. The van der Waals surface area contributed by atoms with E-state index in [1.165, 1.54) is 0 Å². The van der Waals surface area contributed by atoms with E-state index in [2.05, 4.69) is 5.18 Å². The first-order chi connectivity index (χ1) is 4.34. The van der Waals surface area contributed by atoms with E-state index < -0.39 is 0 Å². The van der Waals surface area contributed by atoms with E-state index in [1.54, 1.807) is 0 Å². The van der Waals surface area contributed by atoms with E-state index in [1.807, 2.05) is 6.08 Å². The number of allylic oxidation sites excluding steroid dienone is 1. The van der Waals surface area contributed by atoms with Crippen LogP contribution in [0.25, 0.3) is 0 Å². The second-order valence-electron chi connectivity index (χ2n) is 2.26. The van der Waals surface area contributed by atoms with Gasteiger partial charge in [0.2, 0.25) is 0 Å². The third-order valence-corrected chi connectivity index (χ3v) is 1.57. The van der Waals surface area contributed by atoms with Crippen LogP contribution in [0.3, 0.4) is 0 Å². The molecule has 0 amide bonds. The van der Waals surface area contributed by atoms with Gasteiger partial charge in [-0.25, -0.2) is 0 Å². The van der Waals surface area contributed by atoms with Crippen LogP contribution in [0, 0.1) is 4.91 Å². The molecule has 1 aliphatic rings. The first-order valence-electron chi connectivity index (χ1n) is 3.12. The molecule has 0 spiro atoms. The fourth-order valence-corrected chi connectivity index (χ4v) is 0.996. The minimum absolute atomic E-state index is 0.237. The standard InChI is InChI=1S/C6H8BNO/c7-5-3-1-2-4-6(5)8-9/h3,6H,1-2,4H2/t6-/m1/s1. The lowest BCUT2D eigenvalue weighted by molar-refractivity contribution is 0.634. The SMILES string of the molecule is [B]C1=CCCC[C@H]1N=O. The molecule has 0 bridgehead atoms. The van der Waals surface area contributed by atoms with Gasteiger partial charge in [0.25, 0.3) is 0 Å². The Labute approximate surface area is 55.7 Å². The highest BCUT2D eigenvalue weighted by molar-refractivity contribution is 6.22. The van der Waals surface area contributed by atoms with Crippen molar-refractivity contribution in [3.05, 3.63) is 16.5 Å². The van der Waals surface area contributed by atoms with Crippen molar-refractivity contribution in [3.8, 4) is 0 Å². The zero-order chi connectivity index (χ0) is 6.69. The van der Waals surface area contributed by atoms with E-state index in [9.17, 15) is 4.91 Å². The first kappa shape index (κ1) is 6.52. The molecule has 0 aromatic carbocycles. The zero-order valence-electron chi connectivity index (χ0n) is 5.21. The van der Waals surface area contributed by atoms with Crippen LogP contribution in [0.2, 0.25) is 0 Å². The van der Waals surface area contributed by atoms with Crippen molar-refractivity contribution in [2.75, 3.05) is 0 Å². The van der Waals surface area contributed by atoms with Gasteiger partial charge in [-0.05, 0) is 19.3 Å². The van der Waals surface area contributed by atoms with Gasteiger partial charge in [0.05, 0.1) is 0 Å². The molecule has 0 unspecified atom stereocenters. The topological polar surface area (TPSA) is 29.4 Å².